The highest BCUT2D eigenvalue weighted by Gasteiger charge is 2.35. The van der Waals surface area contributed by atoms with E-state index in [1.807, 2.05) is 0 Å². The quantitative estimate of drug-likeness (QED) is 0.579. The van der Waals surface area contributed by atoms with Gasteiger partial charge in [-0.15, -0.1) is 0 Å². The molecular formula is C19H35N5O2. The van der Waals surface area contributed by atoms with Crippen molar-refractivity contribution < 1.29 is 9.47 Å². The average molecular weight is 366 g/mol. The number of rotatable bonds is 4. The summed E-state index contributed by atoms with van der Waals surface area (Å²) >= 11 is 0. The summed E-state index contributed by atoms with van der Waals surface area (Å²) in [5.41, 5.74) is 0. The minimum absolute atomic E-state index is 0.505. The first-order valence-electron chi connectivity index (χ1n) is 10.5. The molecule has 0 spiro atoms. The predicted octanol–water partition coefficient (Wildman–Crippen LogP) is 0.514. The van der Waals surface area contributed by atoms with Crippen LogP contribution in [0.15, 0.2) is 0 Å². The number of ether oxygens (including phenoxy) is 2. The van der Waals surface area contributed by atoms with E-state index in [9.17, 15) is 0 Å². The number of hydrogen-bond donors (Lipinski definition) is 1. The maximum Gasteiger partial charge on any atom is 0.194 e. The Morgan fingerprint density at radius 1 is 0.692 bits per heavy atom. The summed E-state index contributed by atoms with van der Waals surface area (Å²) in [6.45, 7) is 11.9. The monoisotopic (exact) mass is 365 g/mol. The fourth-order valence-corrected chi connectivity index (χ4v) is 4.94. The van der Waals surface area contributed by atoms with Gasteiger partial charge in [0.15, 0.2) is 5.96 Å². The van der Waals surface area contributed by atoms with Crippen LogP contribution in [0.4, 0.5) is 0 Å². The molecule has 0 aromatic heterocycles. The molecule has 0 aliphatic carbocycles. The van der Waals surface area contributed by atoms with Crippen LogP contribution in [0.5, 0.6) is 0 Å². The minimum Gasteiger partial charge on any atom is -0.379 e. The molecule has 4 heterocycles. The lowest BCUT2D eigenvalue weighted by atomic mass is 10.2. The van der Waals surface area contributed by atoms with Crippen molar-refractivity contribution in [3.63, 3.8) is 0 Å². The zero-order valence-electron chi connectivity index (χ0n) is 16.1. The number of hydrogen-bond acceptors (Lipinski definition) is 5. The van der Waals surface area contributed by atoms with Crippen LogP contribution < -0.4 is 0 Å². The van der Waals surface area contributed by atoms with Gasteiger partial charge in [-0.2, -0.15) is 0 Å². The van der Waals surface area contributed by atoms with Gasteiger partial charge in [0.2, 0.25) is 0 Å². The van der Waals surface area contributed by atoms with Crippen LogP contribution in [0.2, 0.25) is 0 Å². The molecule has 4 fully saturated rings. The molecule has 0 radical (unpaired) electrons. The first-order chi connectivity index (χ1) is 12.8. The standard InChI is InChI=1S/C19H35N5O2/c20-19(23-5-1-3-17(23)15-21-7-11-25-12-8-21)24-6-2-4-18(24)16-22-9-13-26-14-10-22/h17-18,20H,1-16H2/t17-,18-/m0/s1. The fourth-order valence-electron chi connectivity index (χ4n) is 4.94. The van der Waals surface area contributed by atoms with E-state index in [4.69, 9.17) is 14.9 Å². The third-order valence-corrected chi connectivity index (χ3v) is 6.44. The predicted molar refractivity (Wildman–Crippen MR) is 102 cm³/mol. The maximum absolute atomic E-state index is 8.94. The van der Waals surface area contributed by atoms with Crippen LogP contribution >= 0.6 is 0 Å². The van der Waals surface area contributed by atoms with Crippen molar-refractivity contribution in [2.45, 2.75) is 37.8 Å². The SMILES string of the molecule is N=C(N1CCC[C@H]1CN1CCOCC1)N1CCC[C@H]1CN1CCOCC1. The lowest BCUT2D eigenvalue weighted by molar-refractivity contribution is 0.0274. The molecule has 0 bridgehead atoms. The number of morpholine rings is 2. The summed E-state index contributed by atoms with van der Waals surface area (Å²) in [6.07, 6.45) is 4.89. The van der Waals surface area contributed by atoms with Crippen molar-refractivity contribution in [1.29, 1.82) is 5.41 Å². The molecule has 0 aromatic rings. The van der Waals surface area contributed by atoms with Crippen molar-refractivity contribution in [2.75, 3.05) is 78.8 Å². The third kappa shape index (κ3) is 4.32. The summed E-state index contributed by atoms with van der Waals surface area (Å²) in [7, 11) is 0. The number of nitrogens with zero attached hydrogens (tertiary/aromatic N) is 4. The number of nitrogens with one attached hydrogen (secondary N) is 1. The van der Waals surface area contributed by atoms with Crippen LogP contribution in [0.3, 0.4) is 0 Å². The third-order valence-electron chi connectivity index (χ3n) is 6.44. The highest BCUT2D eigenvalue weighted by molar-refractivity contribution is 5.78. The van der Waals surface area contributed by atoms with Crippen molar-refractivity contribution >= 4 is 5.96 Å². The van der Waals surface area contributed by atoms with Crippen LogP contribution in [-0.4, -0.2) is 116 Å². The molecule has 4 saturated heterocycles. The van der Waals surface area contributed by atoms with Gasteiger partial charge in [0.25, 0.3) is 0 Å². The minimum atomic E-state index is 0.505. The molecule has 4 aliphatic heterocycles. The summed E-state index contributed by atoms with van der Waals surface area (Å²) in [6, 6.07) is 1.01. The van der Waals surface area contributed by atoms with E-state index < -0.39 is 0 Å². The van der Waals surface area contributed by atoms with Crippen LogP contribution in [0, 0.1) is 5.41 Å². The van der Waals surface area contributed by atoms with E-state index in [1.54, 1.807) is 0 Å². The van der Waals surface area contributed by atoms with E-state index >= 15 is 0 Å². The Labute approximate surface area is 157 Å². The molecule has 4 aliphatic rings. The Hall–Kier alpha value is -0.890. The highest BCUT2D eigenvalue weighted by Crippen LogP contribution is 2.25. The second kappa shape index (κ2) is 8.87. The van der Waals surface area contributed by atoms with Crippen molar-refractivity contribution in [3.8, 4) is 0 Å². The van der Waals surface area contributed by atoms with E-state index in [0.29, 0.717) is 12.1 Å². The van der Waals surface area contributed by atoms with Crippen LogP contribution in [0.25, 0.3) is 0 Å². The van der Waals surface area contributed by atoms with Gasteiger partial charge in [0, 0.05) is 64.4 Å². The lowest BCUT2D eigenvalue weighted by Gasteiger charge is -2.39. The molecule has 7 nitrogen and oxygen atoms in total. The Morgan fingerprint density at radius 3 is 1.54 bits per heavy atom. The van der Waals surface area contributed by atoms with Gasteiger partial charge in [-0.1, -0.05) is 0 Å². The Morgan fingerprint density at radius 2 is 1.12 bits per heavy atom. The maximum atomic E-state index is 8.94. The lowest BCUT2D eigenvalue weighted by Crippen LogP contribution is -2.54. The summed E-state index contributed by atoms with van der Waals surface area (Å²) < 4.78 is 11.0. The van der Waals surface area contributed by atoms with Gasteiger partial charge in [0.05, 0.1) is 26.4 Å². The fraction of sp³-hybridized carbons (Fsp3) is 0.947. The van der Waals surface area contributed by atoms with Gasteiger partial charge in [-0.05, 0) is 25.7 Å². The first-order valence-corrected chi connectivity index (χ1v) is 10.5. The Balaban J connectivity index is 1.33. The summed E-state index contributed by atoms with van der Waals surface area (Å²) in [5, 5.41) is 8.94. The zero-order valence-corrected chi connectivity index (χ0v) is 16.1. The van der Waals surface area contributed by atoms with Gasteiger partial charge in [0.1, 0.15) is 0 Å². The van der Waals surface area contributed by atoms with E-state index in [-0.39, 0.29) is 0 Å². The smallest absolute Gasteiger partial charge is 0.194 e. The molecule has 0 saturated carbocycles. The van der Waals surface area contributed by atoms with Crippen molar-refractivity contribution in [2.24, 2.45) is 0 Å². The Bertz CT molecular complexity index is 425. The first kappa shape index (κ1) is 18.5. The molecule has 4 rings (SSSR count). The number of guanidine groups is 1. The molecule has 2 atom stereocenters. The van der Waals surface area contributed by atoms with Gasteiger partial charge < -0.3 is 19.3 Å². The molecule has 26 heavy (non-hydrogen) atoms. The zero-order chi connectivity index (χ0) is 17.8. The van der Waals surface area contributed by atoms with Crippen LogP contribution in [-0.2, 0) is 9.47 Å². The van der Waals surface area contributed by atoms with Gasteiger partial charge >= 0.3 is 0 Å². The van der Waals surface area contributed by atoms with Crippen molar-refractivity contribution in [1.82, 2.24) is 19.6 Å². The highest BCUT2D eigenvalue weighted by atomic mass is 16.5. The van der Waals surface area contributed by atoms with Gasteiger partial charge in [-0.25, -0.2) is 0 Å². The largest absolute Gasteiger partial charge is 0.379 e. The number of likely N-dealkylation sites (tertiary alicyclic amines) is 2. The van der Waals surface area contributed by atoms with E-state index in [2.05, 4.69) is 19.6 Å². The molecular weight excluding hydrogens is 330 g/mol. The van der Waals surface area contributed by atoms with Gasteiger partial charge in [-0.3, -0.25) is 15.2 Å². The molecule has 148 valence electrons. The van der Waals surface area contributed by atoms with Crippen LogP contribution in [0.1, 0.15) is 25.7 Å². The van der Waals surface area contributed by atoms with Crippen molar-refractivity contribution in [3.05, 3.63) is 0 Å². The topological polar surface area (TPSA) is 55.3 Å². The van der Waals surface area contributed by atoms with E-state index in [1.165, 1.54) is 25.7 Å². The summed E-state index contributed by atoms with van der Waals surface area (Å²) in [4.78, 5) is 9.84. The molecule has 0 unspecified atom stereocenters. The molecule has 0 amide bonds. The normalized spacial score (nSPS) is 31.7. The van der Waals surface area contributed by atoms with E-state index in [0.717, 1.165) is 84.7 Å². The second-order valence-electron chi connectivity index (χ2n) is 8.13. The second-order valence-corrected chi connectivity index (χ2v) is 8.13. The molecule has 1 N–H and O–H groups in total. The Kier molecular flexibility index (Phi) is 6.30. The summed E-state index contributed by atoms with van der Waals surface area (Å²) in [5.74, 6) is 0.788. The molecule has 7 heteroatoms. The molecule has 0 aromatic carbocycles. The average Bonchev–Trinajstić information content (AvgIpc) is 3.32.